The summed E-state index contributed by atoms with van der Waals surface area (Å²) in [7, 11) is 1.58. The van der Waals surface area contributed by atoms with Gasteiger partial charge in [0.1, 0.15) is 0 Å². The van der Waals surface area contributed by atoms with Crippen molar-refractivity contribution in [2.24, 2.45) is 5.41 Å². The van der Waals surface area contributed by atoms with Gasteiger partial charge in [0.2, 0.25) is 5.91 Å². The van der Waals surface area contributed by atoms with Gasteiger partial charge in [-0.25, -0.2) is 4.79 Å². The van der Waals surface area contributed by atoms with E-state index < -0.39 is 5.41 Å². The maximum absolute atomic E-state index is 11.4. The minimum Gasteiger partial charge on any atom is -0.359 e. The molecule has 0 spiro atoms. The summed E-state index contributed by atoms with van der Waals surface area (Å²) >= 11 is 0. The third-order valence-corrected chi connectivity index (χ3v) is 2.07. The van der Waals surface area contributed by atoms with Crippen LogP contribution in [0.3, 0.4) is 0 Å². The van der Waals surface area contributed by atoms with Crippen LogP contribution in [0.25, 0.3) is 0 Å². The number of carbonyl (C=O) groups is 2. The molecule has 5 heteroatoms. The smallest absolute Gasteiger partial charge is 0.314 e. The topological polar surface area (TPSA) is 70.2 Å². The molecular formula is C10H21N3O2. The Morgan fingerprint density at radius 3 is 2.27 bits per heavy atom. The fourth-order valence-corrected chi connectivity index (χ4v) is 1.02. The molecule has 0 heterocycles. The number of urea groups is 1. The minimum absolute atomic E-state index is 0.0849. The monoisotopic (exact) mass is 215 g/mol. The Morgan fingerprint density at radius 1 is 1.20 bits per heavy atom. The van der Waals surface area contributed by atoms with Gasteiger partial charge in [0.25, 0.3) is 0 Å². The first-order valence-electron chi connectivity index (χ1n) is 5.18. The van der Waals surface area contributed by atoms with Crippen molar-refractivity contribution in [1.29, 1.82) is 0 Å². The fraction of sp³-hybridized carbons (Fsp3) is 0.800. The average Bonchev–Trinajstić information content (AvgIpc) is 2.22. The Morgan fingerprint density at radius 2 is 1.80 bits per heavy atom. The minimum atomic E-state index is -0.585. The largest absolute Gasteiger partial charge is 0.359 e. The van der Waals surface area contributed by atoms with Crippen molar-refractivity contribution in [2.75, 3.05) is 20.1 Å². The Balaban J connectivity index is 3.92. The molecule has 3 N–H and O–H groups in total. The zero-order valence-corrected chi connectivity index (χ0v) is 9.94. The maximum Gasteiger partial charge on any atom is 0.314 e. The van der Waals surface area contributed by atoms with E-state index in [0.717, 1.165) is 6.42 Å². The standard InChI is InChI=1S/C10H21N3O2/c1-5-6-12-9(15)13-7-10(2,3)8(14)11-4/h5-7H2,1-4H3,(H,11,14)(H2,12,13,15). The van der Waals surface area contributed by atoms with Gasteiger partial charge >= 0.3 is 6.03 Å². The van der Waals surface area contributed by atoms with E-state index in [1.54, 1.807) is 20.9 Å². The number of carbonyl (C=O) groups excluding carboxylic acids is 2. The highest BCUT2D eigenvalue weighted by atomic mass is 16.2. The molecule has 0 aliphatic rings. The predicted octanol–water partition coefficient (Wildman–Crippen LogP) is 0.468. The zero-order chi connectivity index (χ0) is 11.9. The van der Waals surface area contributed by atoms with Crippen LogP contribution < -0.4 is 16.0 Å². The van der Waals surface area contributed by atoms with E-state index in [1.807, 2.05) is 6.92 Å². The summed E-state index contributed by atoms with van der Waals surface area (Å²) in [5.41, 5.74) is -0.585. The summed E-state index contributed by atoms with van der Waals surface area (Å²) in [5.74, 6) is -0.0849. The number of rotatable bonds is 5. The van der Waals surface area contributed by atoms with E-state index in [-0.39, 0.29) is 11.9 Å². The highest BCUT2D eigenvalue weighted by Crippen LogP contribution is 2.12. The average molecular weight is 215 g/mol. The van der Waals surface area contributed by atoms with Crippen LogP contribution in [0.4, 0.5) is 4.79 Å². The van der Waals surface area contributed by atoms with Crippen LogP contribution in [0, 0.1) is 5.41 Å². The van der Waals surface area contributed by atoms with E-state index in [9.17, 15) is 9.59 Å². The van der Waals surface area contributed by atoms with Crippen molar-refractivity contribution in [3.63, 3.8) is 0 Å². The molecule has 0 aromatic carbocycles. The normalized spacial score (nSPS) is 10.7. The highest BCUT2D eigenvalue weighted by molar-refractivity contribution is 5.82. The molecule has 0 bridgehead atoms. The SMILES string of the molecule is CCCNC(=O)NCC(C)(C)C(=O)NC. The molecule has 0 saturated heterocycles. The molecule has 0 aliphatic carbocycles. The summed E-state index contributed by atoms with van der Waals surface area (Å²) < 4.78 is 0. The van der Waals surface area contributed by atoms with Crippen molar-refractivity contribution < 1.29 is 9.59 Å². The molecule has 0 aromatic heterocycles. The molecule has 0 radical (unpaired) electrons. The van der Waals surface area contributed by atoms with Crippen molar-refractivity contribution in [3.05, 3.63) is 0 Å². The van der Waals surface area contributed by atoms with Crippen LogP contribution in [0.15, 0.2) is 0 Å². The molecule has 0 saturated carbocycles. The first kappa shape index (κ1) is 13.7. The van der Waals surface area contributed by atoms with E-state index in [4.69, 9.17) is 0 Å². The second-order valence-electron chi connectivity index (χ2n) is 4.07. The Bertz CT molecular complexity index is 227. The molecule has 0 fully saturated rings. The molecule has 0 rings (SSSR count). The Hall–Kier alpha value is -1.26. The molecule has 5 nitrogen and oxygen atoms in total. The van der Waals surface area contributed by atoms with Crippen molar-refractivity contribution in [1.82, 2.24) is 16.0 Å². The van der Waals surface area contributed by atoms with Gasteiger partial charge in [0, 0.05) is 20.1 Å². The number of hydrogen-bond donors (Lipinski definition) is 3. The summed E-state index contributed by atoms with van der Waals surface area (Å²) in [6.07, 6.45) is 0.895. The Labute approximate surface area is 91.0 Å². The van der Waals surface area contributed by atoms with Gasteiger partial charge < -0.3 is 16.0 Å². The number of amides is 3. The van der Waals surface area contributed by atoms with Crippen LogP contribution >= 0.6 is 0 Å². The van der Waals surface area contributed by atoms with Crippen LogP contribution in [-0.4, -0.2) is 32.1 Å². The van der Waals surface area contributed by atoms with Crippen molar-refractivity contribution in [3.8, 4) is 0 Å². The number of hydrogen-bond acceptors (Lipinski definition) is 2. The lowest BCUT2D eigenvalue weighted by molar-refractivity contribution is -0.128. The van der Waals surface area contributed by atoms with E-state index in [0.29, 0.717) is 13.1 Å². The highest BCUT2D eigenvalue weighted by Gasteiger charge is 2.26. The van der Waals surface area contributed by atoms with Gasteiger partial charge in [-0.1, -0.05) is 6.92 Å². The summed E-state index contributed by atoms with van der Waals surface area (Å²) in [6, 6.07) is -0.228. The summed E-state index contributed by atoms with van der Waals surface area (Å²) in [6.45, 7) is 6.51. The first-order valence-corrected chi connectivity index (χ1v) is 5.18. The molecule has 0 unspecified atom stereocenters. The first-order chi connectivity index (χ1) is 6.94. The van der Waals surface area contributed by atoms with Crippen molar-refractivity contribution in [2.45, 2.75) is 27.2 Å². The summed E-state index contributed by atoms with van der Waals surface area (Å²) in [5, 5.41) is 7.90. The molecular weight excluding hydrogens is 194 g/mol. The van der Waals surface area contributed by atoms with E-state index in [2.05, 4.69) is 16.0 Å². The second kappa shape index (κ2) is 6.27. The molecule has 15 heavy (non-hydrogen) atoms. The Kier molecular flexibility index (Phi) is 5.74. The number of nitrogens with one attached hydrogen (secondary N) is 3. The quantitative estimate of drug-likeness (QED) is 0.624. The lowest BCUT2D eigenvalue weighted by atomic mass is 9.92. The molecule has 0 aromatic rings. The van der Waals surface area contributed by atoms with Gasteiger partial charge in [-0.05, 0) is 20.3 Å². The lowest BCUT2D eigenvalue weighted by Gasteiger charge is -2.22. The molecule has 0 aliphatic heterocycles. The maximum atomic E-state index is 11.4. The third-order valence-electron chi connectivity index (χ3n) is 2.07. The van der Waals surface area contributed by atoms with E-state index in [1.165, 1.54) is 0 Å². The van der Waals surface area contributed by atoms with Crippen LogP contribution in [0.2, 0.25) is 0 Å². The van der Waals surface area contributed by atoms with E-state index >= 15 is 0 Å². The van der Waals surface area contributed by atoms with Crippen molar-refractivity contribution >= 4 is 11.9 Å². The summed E-state index contributed by atoms with van der Waals surface area (Å²) in [4.78, 5) is 22.6. The molecule has 88 valence electrons. The molecule has 0 atom stereocenters. The second-order valence-corrected chi connectivity index (χ2v) is 4.07. The van der Waals surface area contributed by atoms with Gasteiger partial charge in [0.15, 0.2) is 0 Å². The van der Waals surface area contributed by atoms with Gasteiger partial charge in [-0.15, -0.1) is 0 Å². The van der Waals surface area contributed by atoms with Crippen LogP contribution in [0.1, 0.15) is 27.2 Å². The predicted molar refractivity (Wildman–Crippen MR) is 59.5 cm³/mol. The van der Waals surface area contributed by atoms with Gasteiger partial charge in [-0.2, -0.15) is 0 Å². The van der Waals surface area contributed by atoms with Crippen LogP contribution in [0.5, 0.6) is 0 Å². The van der Waals surface area contributed by atoms with Gasteiger partial charge in [0.05, 0.1) is 5.41 Å². The molecule has 3 amide bonds. The third kappa shape index (κ3) is 5.24. The van der Waals surface area contributed by atoms with Crippen LogP contribution in [-0.2, 0) is 4.79 Å². The fourth-order valence-electron chi connectivity index (χ4n) is 1.02. The lowest BCUT2D eigenvalue weighted by Crippen LogP contribution is -2.46. The zero-order valence-electron chi connectivity index (χ0n) is 9.94. The van der Waals surface area contributed by atoms with Gasteiger partial charge in [-0.3, -0.25) is 4.79 Å².